The molecule has 132 valence electrons. The van der Waals surface area contributed by atoms with Crippen molar-refractivity contribution >= 4 is 28.4 Å². The fourth-order valence-corrected chi connectivity index (χ4v) is 3.31. The number of ketones is 1. The van der Waals surface area contributed by atoms with E-state index in [1.807, 2.05) is 24.3 Å². The van der Waals surface area contributed by atoms with Crippen LogP contribution in [-0.4, -0.2) is 29.1 Å². The maximum Gasteiger partial charge on any atom is 0.339 e. The van der Waals surface area contributed by atoms with E-state index in [1.54, 1.807) is 6.07 Å². The van der Waals surface area contributed by atoms with Gasteiger partial charge in [-0.3, -0.25) is 9.78 Å². The standard InChI is InChI=1S/C20H19N3O3/c1-12(22)15(10-21)18(24)11-26-20(25)19-13-6-2-4-8-16(13)23-17-9-5-3-7-14(17)19/h2,4,6,8,15,22H,3,5,7,9,11H2,1H3. The van der Waals surface area contributed by atoms with Crippen LogP contribution >= 0.6 is 0 Å². The van der Waals surface area contributed by atoms with Crippen LogP contribution in [0.25, 0.3) is 10.9 Å². The molecule has 0 fully saturated rings. The maximum absolute atomic E-state index is 12.8. The summed E-state index contributed by atoms with van der Waals surface area (Å²) in [4.78, 5) is 29.5. The summed E-state index contributed by atoms with van der Waals surface area (Å²) >= 11 is 0. The molecular formula is C20H19N3O3. The highest BCUT2D eigenvalue weighted by Gasteiger charge is 2.26. The van der Waals surface area contributed by atoms with Gasteiger partial charge in [-0.25, -0.2) is 4.79 Å². The molecule has 1 aromatic heterocycles. The molecule has 0 spiro atoms. The summed E-state index contributed by atoms with van der Waals surface area (Å²) in [6.45, 7) is 0.874. The Kier molecular flexibility index (Phi) is 5.08. The van der Waals surface area contributed by atoms with Crippen molar-refractivity contribution in [3.63, 3.8) is 0 Å². The van der Waals surface area contributed by atoms with Crippen LogP contribution in [-0.2, 0) is 22.4 Å². The van der Waals surface area contributed by atoms with Crippen molar-refractivity contribution in [2.75, 3.05) is 6.61 Å². The van der Waals surface area contributed by atoms with Crippen LogP contribution in [0.1, 0.15) is 41.4 Å². The predicted octanol–water partition coefficient (Wildman–Crippen LogP) is 3.02. The molecule has 2 aromatic rings. The fourth-order valence-electron chi connectivity index (χ4n) is 3.31. The number of ether oxygens (including phenoxy) is 1. The number of para-hydroxylation sites is 1. The summed E-state index contributed by atoms with van der Waals surface area (Å²) in [6.07, 6.45) is 3.60. The Hall–Kier alpha value is -3.07. The van der Waals surface area contributed by atoms with Gasteiger partial charge in [-0.2, -0.15) is 5.26 Å². The van der Waals surface area contributed by atoms with E-state index in [1.165, 1.54) is 6.92 Å². The Morgan fingerprint density at radius 2 is 2.04 bits per heavy atom. The number of benzene rings is 1. The number of esters is 1. The van der Waals surface area contributed by atoms with Crippen LogP contribution in [0.2, 0.25) is 0 Å². The van der Waals surface area contributed by atoms with Crippen LogP contribution in [0.5, 0.6) is 0 Å². The first-order chi connectivity index (χ1) is 12.5. The molecule has 1 heterocycles. The number of fused-ring (bicyclic) bond motifs is 2. The SMILES string of the molecule is CC(=N)C(C#N)C(=O)COC(=O)c1c2c(nc3ccccc13)CCCC2. The molecule has 1 atom stereocenters. The normalized spacial score (nSPS) is 14.2. The Labute approximate surface area is 151 Å². The van der Waals surface area contributed by atoms with Gasteiger partial charge in [-0.15, -0.1) is 0 Å². The fraction of sp³-hybridized carbons (Fsp3) is 0.350. The number of rotatable bonds is 5. The van der Waals surface area contributed by atoms with Gasteiger partial charge in [0.05, 0.1) is 17.1 Å². The van der Waals surface area contributed by atoms with Crippen molar-refractivity contribution in [1.29, 1.82) is 10.7 Å². The van der Waals surface area contributed by atoms with Gasteiger partial charge in [-0.1, -0.05) is 18.2 Å². The smallest absolute Gasteiger partial charge is 0.339 e. The van der Waals surface area contributed by atoms with Gasteiger partial charge in [0, 0.05) is 16.8 Å². The molecule has 6 nitrogen and oxygen atoms in total. The molecule has 1 unspecified atom stereocenters. The maximum atomic E-state index is 12.8. The molecule has 0 bridgehead atoms. The third-order valence-corrected chi connectivity index (χ3v) is 4.60. The molecule has 1 N–H and O–H groups in total. The van der Waals surface area contributed by atoms with Crippen molar-refractivity contribution in [1.82, 2.24) is 4.98 Å². The second-order valence-electron chi connectivity index (χ2n) is 6.42. The van der Waals surface area contributed by atoms with Crippen molar-refractivity contribution in [2.24, 2.45) is 5.92 Å². The third-order valence-electron chi connectivity index (χ3n) is 4.60. The summed E-state index contributed by atoms with van der Waals surface area (Å²) in [6, 6.07) is 9.16. The minimum absolute atomic E-state index is 0.0553. The second kappa shape index (κ2) is 7.44. The molecule has 0 amide bonds. The van der Waals surface area contributed by atoms with E-state index in [0.29, 0.717) is 10.9 Å². The van der Waals surface area contributed by atoms with Crippen LogP contribution < -0.4 is 0 Å². The summed E-state index contributed by atoms with van der Waals surface area (Å²) in [7, 11) is 0. The molecule has 0 saturated carbocycles. The molecule has 1 aromatic carbocycles. The number of nitrogens with one attached hydrogen (secondary N) is 1. The van der Waals surface area contributed by atoms with Gasteiger partial charge in [0.1, 0.15) is 5.92 Å². The van der Waals surface area contributed by atoms with E-state index in [9.17, 15) is 9.59 Å². The number of aryl methyl sites for hydroxylation is 1. The van der Waals surface area contributed by atoms with Crippen LogP contribution in [0, 0.1) is 22.7 Å². The van der Waals surface area contributed by atoms with Crippen LogP contribution in [0.4, 0.5) is 0 Å². The van der Waals surface area contributed by atoms with E-state index in [-0.39, 0.29) is 5.71 Å². The summed E-state index contributed by atoms with van der Waals surface area (Å²) in [5.41, 5.74) is 2.96. The highest BCUT2D eigenvalue weighted by Crippen LogP contribution is 2.29. The molecule has 1 aliphatic rings. The zero-order valence-electron chi connectivity index (χ0n) is 14.5. The Bertz CT molecular complexity index is 943. The number of hydrogen-bond donors (Lipinski definition) is 1. The van der Waals surface area contributed by atoms with Crippen molar-refractivity contribution < 1.29 is 14.3 Å². The third kappa shape index (κ3) is 3.33. The van der Waals surface area contributed by atoms with E-state index >= 15 is 0 Å². The first-order valence-electron chi connectivity index (χ1n) is 8.58. The molecule has 26 heavy (non-hydrogen) atoms. The van der Waals surface area contributed by atoms with Gasteiger partial charge >= 0.3 is 5.97 Å². The highest BCUT2D eigenvalue weighted by molar-refractivity contribution is 6.08. The molecule has 1 aliphatic carbocycles. The van der Waals surface area contributed by atoms with E-state index < -0.39 is 24.3 Å². The topological polar surface area (TPSA) is 104 Å². The molecule has 0 aliphatic heterocycles. The zero-order chi connectivity index (χ0) is 18.7. The van der Waals surface area contributed by atoms with Gasteiger partial charge in [0.25, 0.3) is 0 Å². The van der Waals surface area contributed by atoms with Crippen molar-refractivity contribution in [2.45, 2.75) is 32.6 Å². The lowest BCUT2D eigenvalue weighted by atomic mass is 9.90. The van der Waals surface area contributed by atoms with Crippen LogP contribution in [0.3, 0.4) is 0 Å². The Balaban J connectivity index is 1.92. The molecule has 0 radical (unpaired) electrons. The number of Topliss-reactive ketones (excluding diaryl/α,β-unsaturated/α-hetero) is 1. The largest absolute Gasteiger partial charge is 0.454 e. The number of nitrogens with zero attached hydrogens (tertiary/aromatic N) is 2. The molecule has 3 rings (SSSR count). The predicted molar refractivity (Wildman–Crippen MR) is 96.2 cm³/mol. The number of nitriles is 1. The highest BCUT2D eigenvalue weighted by atomic mass is 16.5. The van der Waals surface area contributed by atoms with Gasteiger partial charge in [-0.05, 0) is 44.2 Å². The summed E-state index contributed by atoms with van der Waals surface area (Å²) < 4.78 is 5.23. The number of pyridine rings is 1. The Morgan fingerprint density at radius 3 is 2.77 bits per heavy atom. The lowest BCUT2D eigenvalue weighted by molar-refractivity contribution is -0.122. The monoisotopic (exact) mass is 349 g/mol. The van der Waals surface area contributed by atoms with Crippen LogP contribution in [0.15, 0.2) is 24.3 Å². The number of carbonyl (C=O) groups excluding carboxylic acids is 2. The molecule has 6 heteroatoms. The molecular weight excluding hydrogens is 330 g/mol. The lowest BCUT2D eigenvalue weighted by Gasteiger charge is -2.20. The average molecular weight is 349 g/mol. The molecule has 0 saturated heterocycles. The first-order valence-corrected chi connectivity index (χ1v) is 8.58. The van der Waals surface area contributed by atoms with Gasteiger partial charge in [0.15, 0.2) is 12.4 Å². The van der Waals surface area contributed by atoms with Gasteiger partial charge in [0.2, 0.25) is 0 Å². The van der Waals surface area contributed by atoms with Crippen molar-refractivity contribution in [3.05, 3.63) is 41.1 Å². The second-order valence-corrected chi connectivity index (χ2v) is 6.42. The minimum Gasteiger partial charge on any atom is -0.454 e. The quantitative estimate of drug-likeness (QED) is 0.660. The zero-order valence-corrected chi connectivity index (χ0v) is 14.5. The number of hydrogen-bond acceptors (Lipinski definition) is 6. The van der Waals surface area contributed by atoms with E-state index in [4.69, 9.17) is 15.4 Å². The first kappa shape index (κ1) is 17.7. The lowest BCUT2D eigenvalue weighted by Crippen LogP contribution is -2.26. The van der Waals surface area contributed by atoms with E-state index in [0.717, 1.165) is 42.5 Å². The number of carbonyl (C=O) groups is 2. The van der Waals surface area contributed by atoms with Crippen molar-refractivity contribution in [3.8, 4) is 6.07 Å². The number of aromatic nitrogens is 1. The van der Waals surface area contributed by atoms with Gasteiger partial charge < -0.3 is 10.1 Å². The average Bonchev–Trinajstić information content (AvgIpc) is 2.64. The summed E-state index contributed by atoms with van der Waals surface area (Å²) in [5.74, 6) is -2.33. The Morgan fingerprint density at radius 1 is 1.31 bits per heavy atom. The summed E-state index contributed by atoms with van der Waals surface area (Å²) in [5, 5.41) is 17.2. The minimum atomic E-state index is -1.18. The van der Waals surface area contributed by atoms with E-state index in [2.05, 4.69) is 4.98 Å².